The Balaban J connectivity index is 2.27. The highest BCUT2D eigenvalue weighted by Crippen LogP contribution is 2.30. The number of aromatic nitrogens is 1. The van der Waals surface area contributed by atoms with Crippen LogP contribution in [0.25, 0.3) is 11.1 Å². The maximum absolute atomic E-state index is 9.33. The van der Waals surface area contributed by atoms with Crippen LogP contribution < -0.4 is 5.49 Å². The Bertz CT molecular complexity index is 741. The smallest absolute Gasteiger partial charge is 0.144 e. The Kier molecular flexibility index (Phi) is 3.09. The number of fused-ring (bicyclic) bond motifs is 1. The van der Waals surface area contributed by atoms with Crippen LogP contribution in [0.4, 0.5) is 0 Å². The Morgan fingerprint density at radius 1 is 1.32 bits per heavy atom. The van der Waals surface area contributed by atoms with Gasteiger partial charge in [-0.1, -0.05) is 23.7 Å². The fraction of sp³-hybridized carbons (Fsp3) is 0.143. The van der Waals surface area contributed by atoms with E-state index in [0.717, 1.165) is 28.5 Å². The number of hydrogen-bond acceptors (Lipinski definition) is 3. The summed E-state index contributed by atoms with van der Waals surface area (Å²) in [5, 5.41) is 19.2. The van der Waals surface area contributed by atoms with Crippen LogP contribution in [-0.2, 0) is 6.54 Å². The van der Waals surface area contributed by atoms with Gasteiger partial charge in [-0.15, -0.1) is 11.8 Å². The van der Waals surface area contributed by atoms with Crippen LogP contribution in [0, 0.1) is 16.7 Å². The van der Waals surface area contributed by atoms with Crippen molar-refractivity contribution in [2.24, 2.45) is 0 Å². The SMILES string of the molecule is N#Cc1c(-c2ccc(Cl)cc2)cc2n(c1=N)CCS2. The molecular formula is C14H10ClN3S. The van der Waals surface area contributed by atoms with Gasteiger partial charge in [0.25, 0.3) is 0 Å². The van der Waals surface area contributed by atoms with Crippen LogP contribution >= 0.6 is 23.4 Å². The molecule has 2 aromatic rings. The first-order chi connectivity index (χ1) is 9.20. The van der Waals surface area contributed by atoms with Crippen molar-refractivity contribution in [1.82, 2.24) is 4.57 Å². The van der Waals surface area contributed by atoms with Crippen molar-refractivity contribution in [2.45, 2.75) is 11.6 Å². The maximum atomic E-state index is 9.33. The van der Waals surface area contributed by atoms with E-state index < -0.39 is 0 Å². The van der Waals surface area contributed by atoms with E-state index in [2.05, 4.69) is 6.07 Å². The average Bonchev–Trinajstić information content (AvgIpc) is 2.88. The lowest BCUT2D eigenvalue weighted by molar-refractivity contribution is 0.668. The van der Waals surface area contributed by atoms with E-state index in [1.54, 1.807) is 23.9 Å². The van der Waals surface area contributed by atoms with Crippen molar-refractivity contribution in [3.8, 4) is 17.2 Å². The van der Waals surface area contributed by atoms with Gasteiger partial charge in [-0.3, -0.25) is 5.41 Å². The molecule has 0 fully saturated rings. The maximum Gasteiger partial charge on any atom is 0.144 e. The summed E-state index contributed by atoms with van der Waals surface area (Å²) in [7, 11) is 0. The molecule has 0 saturated carbocycles. The van der Waals surface area contributed by atoms with E-state index >= 15 is 0 Å². The van der Waals surface area contributed by atoms with Crippen LogP contribution in [0.1, 0.15) is 5.56 Å². The molecule has 3 nitrogen and oxygen atoms in total. The first kappa shape index (κ1) is 12.3. The molecule has 19 heavy (non-hydrogen) atoms. The van der Waals surface area contributed by atoms with Crippen molar-refractivity contribution < 1.29 is 0 Å². The van der Waals surface area contributed by atoms with E-state index in [9.17, 15) is 5.26 Å². The molecule has 1 aliphatic heterocycles. The van der Waals surface area contributed by atoms with E-state index in [-0.39, 0.29) is 0 Å². The minimum absolute atomic E-state index is 0.301. The van der Waals surface area contributed by atoms with Crippen molar-refractivity contribution >= 4 is 23.4 Å². The minimum Gasteiger partial charge on any atom is -0.319 e. The third-order valence-electron chi connectivity index (χ3n) is 3.14. The summed E-state index contributed by atoms with van der Waals surface area (Å²) in [6.45, 7) is 0.800. The van der Waals surface area contributed by atoms with Crippen LogP contribution in [0.5, 0.6) is 0 Å². The zero-order valence-electron chi connectivity index (χ0n) is 9.98. The Morgan fingerprint density at radius 2 is 2.05 bits per heavy atom. The van der Waals surface area contributed by atoms with E-state index in [1.807, 2.05) is 22.8 Å². The Labute approximate surface area is 120 Å². The van der Waals surface area contributed by atoms with Crippen molar-refractivity contribution in [3.05, 3.63) is 46.4 Å². The number of nitriles is 1. The molecule has 3 rings (SSSR count). The molecule has 0 radical (unpaired) electrons. The van der Waals surface area contributed by atoms with Gasteiger partial charge in [0.1, 0.15) is 17.1 Å². The summed E-state index contributed by atoms with van der Waals surface area (Å²) < 4.78 is 1.89. The summed E-state index contributed by atoms with van der Waals surface area (Å²) in [6, 6.07) is 11.5. The Hall–Kier alpha value is -1.70. The molecule has 0 amide bonds. The van der Waals surface area contributed by atoms with E-state index in [4.69, 9.17) is 17.0 Å². The molecular weight excluding hydrogens is 278 g/mol. The van der Waals surface area contributed by atoms with Gasteiger partial charge in [0, 0.05) is 22.9 Å². The van der Waals surface area contributed by atoms with E-state index in [0.29, 0.717) is 16.1 Å². The molecule has 0 atom stereocenters. The van der Waals surface area contributed by atoms with Gasteiger partial charge in [0.15, 0.2) is 0 Å². The van der Waals surface area contributed by atoms with Gasteiger partial charge in [-0.25, -0.2) is 0 Å². The summed E-state index contributed by atoms with van der Waals surface area (Å²) in [5.41, 5.74) is 2.46. The van der Waals surface area contributed by atoms with Crippen molar-refractivity contribution in [1.29, 1.82) is 10.7 Å². The third kappa shape index (κ3) is 2.05. The standard InChI is InChI=1S/C14H10ClN3S/c15-10-3-1-9(2-4-10)11-7-13-18(5-6-19-13)14(17)12(11)8-16/h1-4,7,17H,5-6H2. The quantitative estimate of drug-likeness (QED) is 0.875. The summed E-state index contributed by atoms with van der Waals surface area (Å²) in [4.78, 5) is 0. The largest absolute Gasteiger partial charge is 0.319 e. The van der Waals surface area contributed by atoms with Crippen LogP contribution in [0.3, 0.4) is 0 Å². The number of hydrogen-bond donors (Lipinski definition) is 1. The number of rotatable bonds is 1. The zero-order valence-corrected chi connectivity index (χ0v) is 11.6. The molecule has 1 aliphatic rings. The molecule has 0 saturated heterocycles. The highest BCUT2D eigenvalue weighted by molar-refractivity contribution is 7.99. The molecule has 0 spiro atoms. The second kappa shape index (κ2) is 4.76. The highest BCUT2D eigenvalue weighted by atomic mass is 35.5. The predicted molar refractivity (Wildman–Crippen MR) is 76.2 cm³/mol. The van der Waals surface area contributed by atoms with Crippen LogP contribution in [0.2, 0.25) is 5.02 Å². The van der Waals surface area contributed by atoms with E-state index in [1.165, 1.54) is 0 Å². The molecule has 2 heterocycles. The molecule has 1 aromatic heterocycles. The monoisotopic (exact) mass is 287 g/mol. The summed E-state index contributed by atoms with van der Waals surface area (Å²) in [5.74, 6) is 0.959. The highest BCUT2D eigenvalue weighted by Gasteiger charge is 2.17. The van der Waals surface area contributed by atoms with Gasteiger partial charge in [0.05, 0.1) is 5.03 Å². The van der Waals surface area contributed by atoms with Crippen molar-refractivity contribution in [2.75, 3.05) is 5.75 Å². The predicted octanol–water partition coefficient (Wildman–Crippen LogP) is 3.27. The van der Waals surface area contributed by atoms with Gasteiger partial charge >= 0.3 is 0 Å². The lowest BCUT2D eigenvalue weighted by Crippen LogP contribution is -2.22. The lowest BCUT2D eigenvalue weighted by atomic mass is 10.0. The topological polar surface area (TPSA) is 52.6 Å². The van der Waals surface area contributed by atoms with Gasteiger partial charge in [-0.2, -0.15) is 5.26 Å². The van der Waals surface area contributed by atoms with Crippen LogP contribution in [-0.4, -0.2) is 10.3 Å². The molecule has 0 bridgehead atoms. The molecule has 0 aliphatic carbocycles. The average molecular weight is 288 g/mol. The third-order valence-corrected chi connectivity index (χ3v) is 4.41. The molecule has 5 heteroatoms. The fourth-order valence-electron chi connectivity index (χ4n) is 2.20. The molecule has 1 aromatic carbocycles. The normalized spacial score (nSPS) is 13.1. The van der Waals surface area contributed by atoms with Crippen molar-refractivity contribution in [3.63, 3.8) is 0 Å². The lowest BCUT2D eigenvalue weighted by Gasteiger charge is -2.10. The number of nitrogens with one attached hydrogen (secondary N) is 1. The molecule has 0 unspecified atom stereocenters. The molecule has 1 N–H and O–H groups in total. The fourth-order valence-corrected chi connectivity index (χ4v) is 3.35. The van der Waals surface area contributed by atoms with Gasteiger partial charge in [-0.05, 0) is 23.8 Å². The number of benzene rings is 1. The summed E-state index contributed by atoms with van der Waals surface area (Å²) >= 11 is 7.61. The second-order valence-electron chi connectivity index (χ2n) is 4.24. The first-order valence-electron chi connectivity index (χ1n) is 5.82. The number of pyridine rings is 1. The van der Waals surface area contributed by atoms with Gasteiger partial charge in [0.2, 0.25) is 0 Å². The zero-order chi connectivity index (χ0) is 13.4. The molecule has 94 valence electrons. The Morgan fingerprint density at radius 3 is 2.74 bits per heavy atom. The summed E-state index contributed by atoms with van der Waals surface area (Å²) in [6.07, 6.45) is 0. The first-order valence-corrected chi connectivity index (χ1v) is 7.18. The second-order valence-corrected chi connectivity index (χ2v) is 5.79. The van der Waals surface area contributed by atoms with Gasteiger partial charge < -0.3 is 4.57 Å². The number of nitrogens with zero attached hydrogens (tertiary/aromatic N) is 2. The van der Waals surface area contributed by atoms with Crippen LogP contribution in [0.15, 0.2) is 35.4 Å². The number of thioether (sulfide) groups is 1. The number of halogens is 1. The minimum atomic E-state index is 0.301.